The summed E-state index contributed by atoms with van der Waals surface area (Å²) in [5.41, 5.74) is 0. The second kappa shape index (κ2) is 9.46. The molecule has 7 heteroatoms. The van der Waals surface area contributed by atoms with Gasteiger partial charge in [-0.1, -0.05) is 0 Å². The largest absolute Gasteiger partial charge is 0.379 e. The standard InChI is InChI=1S/C13H26N4O2S/c20-13(14-1-3-16-5-9-18-10-6-16)15-2-4-17-7-11-19-12-8-17/h1-12H2,(H2,14,15,20). The summed E-state index contributed by atoms with van der Waals surface area (Å²) in [6, 6.07) is 0. The van der Waals surface area contributed by atoms with Gasteiger partial charge in [0.05, 0.1) is 26.4 Å². The van der Waals surface area contributed by atoms with E-state index in [1.54, 1.807) is 0 Å². The van der Waals surface area contributed by atoms with Crippen LogP contribution in [0.25, 0.3) is 0 Å². The number of nitrogens with zero attached hydrogens (tertiary/aromatic N) is 2. The zero-order valence-corrected chi connectivity index (χ0v) is 12.9. The van der Waals surface area contributed by atoms with Gasteiger partial charge in [0, 0.05) is 52.4 Å². The topological polar surface area (TPSA) is 49.0 Å². The first-order chi connectivity index (χ1) is 9.84. The zero-order chi connectivity index (χ0) is 14.0. The molecule has 0 aromatic heterocycles. The Balaban J connectivity index is 1.45. The highest BCUT2D eigenvalue weighted by molar-refractivity contribution is 7.80. The molecule has 0 spiro atoms. The summed E-state index contributed by atoms with van der Waals surface area (Å²) in [5.74, 6) is 0. The van der Waals surface area contributed by atoms with E-state index in [2.05, 4.69) is 20.4 Å². The second-order valence-corrected chi connectivity index (χ2v) is 5.50. The first kappa shape index (κ1) is 15.9. The Morgan fingerprint density at radius 2 is 1.20 bits per heavy atom. The average Bonchev–Trinajstić information content (AvgIpc) is 2.49. The van der Waals surface area contributed by atoms with Gasteiger partial charge in [-0.2, -0.15) is 0 Å². The highest BCUT2D eigenvalue weighted by Gasteiger charge is 2.10. The van der Waals surface area contributed by atoms with Crippen LogP contribution in [0.5, 0.6) is 0 Å². The zero-order valence-electron chi connectivity index (χ0n) is 12.1. The lowest BCUT2D eigenvalue weighted by Gasteiger charge is -2.27. The quantitative estimate of drug-likeness (QED) is 0.618. The van der Waals surface area contributed by atoms with Crippen molar-refractivity contribution in [3.05, 3.63) is 0 Å². The van der Waals surface area contributed by atoms with Gasteiger partial charge in [0.1, 0.15) is 0 Å². The first-order valence-electron chi connectivity index (χ1n) is 7.46. The SMILES string of the molecule is S=C(NCCN1CCOCC1)NCCN1CCOCC1. The Hall–Kier alpha value is -0.470. The van der Waals surface area contributed by atoms with E-state index in [1.165, 1.54) is 0 Å². The highest BCUT2D eigenvalue weighted by Crippen LogP contribution is 1.95. The fraction of sp³-hybridized carbons (Fsp3) is 0.923. The highest BCUT2D eigenvalue weighted by atomic mass is 32.1. The number of ether oxygens (including phenoxy) is 2. The van der Waals surface area contributed by atoms with Gasteiger partial charge in [0.15, 0.2) is 5.11 Å². The van der Waals surface area contributed by atoms with E-state index in [-0.39, 0.29) is 0 Å². The molecule has 20 heavy (non-hydrogen) atoms. The van der Waals surface area contributed by atoms with Crippen LogP contribution >= 0.6 is 12.2 Å². The van der Waals surface area contributed by atoms with Gasteiger partial charge in [0.25, 0.3) is 0 Å². The van der Waals surface area contributed by atoms with E-state index in [0.717, 1.165) is 83.9 Å². The average molecular weight is 302 g/mol. The van der Waals surface area contributed by atoms with Gasteiger partial charge in [-0.25, -0.2) is 0 Å². The molecule has 0 unspecified atom stereocenters. The Kier molecular flexibility index (Phi) is 7.53. The van der Waals surface area contributed by atoms with Crippen LogP contribution in [-0.4, -0.2) is 93.7 Å². The summed E-state index contributed by atoms with van der Waals surface area (Å²) in [6.45, 7) is 11.3. The van der Waals surface area contributed by atoms with Crippen molar-refractivity contribution in [3.8, 4) is 0 Å². The number of hydrogen-bond acceptors (Lipinski definition) is 5. The molecule has 0 saturated carbocycles. The van der Waals surface area contributed by atoms with Crippen molar-refractivity contribution in [1.82, 2.24) is 20.4 Å². The van der Waals surface area contributed by atoms with E-state index in [9.17, 15) is 0 Å². The van der Waals surface area contributed by atoms with Crippen molar-refractivity contribution in [2.45, 2.75) is 0 Å². The molecule has 0 amide bonds. The maximum atomic E-state index is 5.32. The summed E-state index contributed by atoms with van der Waals surface area (Å²) in [7, 11) is 0. The van der Waals surface area contributed by atoms with Crippen LogP contribution in [-0.2, 0) is 9.47 Å². The van der Waals surface area contributed by atoms with Gasteiger partial charge < -0.3 is 20.1 Å². The van der Waals surface area contributed by atoms with E-state index >= 15 is 0 Å². The van der Waals surface area contributed by atoms with Crippen molar-refractivity contribution >= 4 is 17.3 Å². The van der Waals surface area contributed by atoms with E-state index in [0.29, 0.717) is 0 Å². The van der Waals surface area contributed by atoms with Gasteiger partial charge in [-0.15, -0.1) is 0 Å². The Morgan fingerprint density at radius 3 is 1.60 bits per heavy atom. The molecular weight excluding hydrogens is 276 g/mol. The first-order valence-corrected chi connectivity index (χ1v) is 7.87. The monoisotopic (exact) mass is 302 g/mol. The Bertz CT molecular complexity index is 256. The number of morpholine rings is 2. The van der Waals surface area contributed by atoms with E-state index < -0.39 is 0 Å². The van der Waals surface area contributed by atoms with Gasteiger partial charge in [-0.05, 0) is 12.2 Å². The summed E-state index contributed by atoms with van der Waals surface area (Å²) in [6.07, 6.45) is 0. The van der Waals surface area contributed by atoms with Crippen LogP contribution in [0.3, 0.4) is 0 Å². The smallest absolute Gasteiger partial charge is 0.166 e. The molecule has 0 bridgehead atoms. The molecule has 0 aromatic carbocycles. The molecular formula is C13H26N4O2S. The van der Waals surface area contributed by atoms with Crippen LogP contribution < -0.4 is 10.6 Å². The van der Waals surface area contributed by atoms with Crippen molar-refractivity contribution in [2.75, 3.05) is 78.8 Å². The molecule has 2 rings (SSSR count). The third-order valence-electron chi connectivity index (χ3n) is 3.63. The molecule has 6 nitrogen and oxygen atoms in total. The molecule has 0 atom stereocenters. The number of hydrogen-bond donors (Lipinski definition) is 2. The van der Waals surface area contributed by atoms with Gasteiger partial charge in [0.2, 0.25) is 0 Å². The molecule has 2 heterocycles. The molecule has 2 N–H and O–H groups in total. The minimum Gasteiger partial charge on any atom is -0.379 e. The second-order valence-electron chi connectivity index (χ2n) is 5.09. The molecule has 2 fully saturated rings. The van der Waals surface area contributed by atoms with Crippen LogP contribution in [0.4, 0.5) is 0 Å². The lowest BCUT2D eigenvalue weighted by molar-refractivity contribution is 0.0386. The van der Waals surface area contributed by atoms with Crippen LogP contribution in [0.2, 0.25) is 0 Å². The minimum atomic E-state index is 0.756. The molecule has 116 valence electrons. The fourth-order valence-electron chi connectivity index (χ4n) is 2.37. The van der Waals surface area contributed by atoms with Crippen LogP contribution in [0.1, 0.15) is 0 Å². The fourth-order valence-corrected chi connectivity index (χ4v) is 2.57. The number of nitrogens with one attached hydrogen (secondary N) is 2. The Morgan fingerprint density at radius 1 is 0.800 bits per heavy atom. The van der Waals surface area contributed by atoms with Gasteiger partial charge in [-0.3, -0.25) is 9.80 Å². The number of thiocarbonyl (C=S) groups is 1. The predicted octanol–water partition coefficient (Wildman–Crippen LogP) is -0.885. The molecule has 2 aliphatic rings. The predicted molar refractivity (Wildman–Crippen MR) is 83.1 cm³/mol. The van der Waals surface area contributed by atoms with Crippen molar-refractivity contribution < 1.29 is 9.47 Å². The summed E-state index contributed by atoms with van der Waals surface area (Å²) in [5, 5.41) is 7.28. The van der Waals surface area contributed by atoms with Crippen molar-refractivity contribution in [2.24, 2.45) is 0 Å². The van der Waals surface area contributed by atoms with Crippen molar-refractivity contribution in [1.29, 1.82) is 0 Å². The lowest BCUT2D eigenvalue weighted by atomic mass is 10.4. The molecule has 0 aromatic rings. The Labute approximate surface area is 126 Å². The van der Waals surface area contributed by atoms with Gasteiger partial charge >= 0.3 is 0 Å². The summed E-state index contributed by atoms with van der Waals surface area (Å²) >= 11 is 5.28. The number of rotatable bonds is 6. The van der Waals surface area contributed by atoms with Crippen LogP contribution in [0, 0.1) is 0 Å². The molecule has 2 aliphatic heterocycles. The van der Waals surface area contributed by atoms with Crippen LogP contribution in [0.15, 0.2) is 0 Å². The maximum Gasteiger partial charge on any atom is 0.166 e. The summed E-state index contributed by atoms with van der Waals surface area (Å²) in [4.78, 5) is 4.79. The normalized spacial score (nSPS) is 21.6. The third kappa shape index (κ3) is 6.32. The van der Waals surface area contributed by atoms with E-state index in [4.69, 9.17) is 21.7 Å². The molecule has 2 saturated heterocycles. The molecule has 0 aliphatic carbocycles. The van der Waals surface area contributed by atoms with E-state index in [1.807, 2.05) is 0 Å². The lowest BCUT2D eigenvalue weighted by Crippen LogP contribution is -2.46. The summed E-state index contributed by atoms with van der Waals surface area (Å²) < 4.78 is 10.6. The molecule has 0 radical (unpaired) electrons. The third-order valence-corrected chi connectivity index (χ3v) is 3.92. The maximum absolute atomic E-state index is 5.32. The van der Waals surface area contributed by atoms with Crippen molar-refractivity contribution in [3.63, 3.8) is 0 Å². The minimum absolute atomic E-state index is 0.756.